The number of hydrogen-bond donors (Lipinski definition) is 3. The highest BCUT2D eigenvalue weighted by Crippen LogP contribution is 2.32. The predicted molar refractivity (Wildman–Crippen MR) is 124 cm³/mol. The van der Waals surface area contributed by atoms with E-state index in [9.17, 15) is 0 Å². The largest absolute Gasteiger partial charge is 0.495 e. The number of unbranched alkanes of at least 4 members (excludes halogenated alkanes) is 2. The van der Waals surface area contributed by atoms with E-state index in [1.54, 1.807) is 7.11 Å². The Morgan fingerprint density at radius 3 is 2.17 bits per heavy atom. The third kappa shape index (κ3) is 10.8. The summed E-state index contributed by atoms with van der Waals surface area (Å²) in [6.07, 6.45) is 5.83. The molecule has 0 aromatic heterocycles. The van der Waals surface area contributed by atoms with Crippen LogP contribution >= 0.6 is 0 Å². The normalized spacial score (nSPS) is 12.7. The van der Waals surface area contributed by atoms with Gasteiger partial charge < -0.3 is 25.2 Å². The van der Waals surface area contributed by atoms with Crippen molar-refractivity contribution in [2.45, 2.75) is 66.2 Å². The van der Waals surface area contributed by atoms with Crippen LogP contribution < -0.4 is 15.0 Å². The number of benzene rings is 1. The summed E-state index contributed by atoms with van der Waals surface area (Å²) in [5.41, 5.74) is 2.56. The van der Waals surface area contributed by atoms with E-state index < -0.39 is 0 Å². The molecule has 1 aromatic carbocycles. The SMILES string of the molecule is COc1ccc(NCCC(C)CC(C)(C)C)cc1N(CCCCO)CCCCO. The number of aliphatic hydroxyl groups is 2. The molecule has 0 aliphatic heterocycles. The van der Waals surface area contributed by atoms with Gasteiger partial charge in [-0.1, -0.05) is 27.7 Å². The second-order valence-corrected chi connectivity index (χ2v) is 9.32. The van der Waals surface area contributed by atoms with E-state index in [4.69, 9.17) is 14.9 Å². The number of nitrogens with one attached hydrogen (secondary N) is 1. The van der Waals surface area contributed by atoms with E-state index in [0.717, 1.165) is 68.9 Å². The topological polar surface area (TPSA) is 65.0 Å². The second-order valence-electron chi connectivity index (χ2n) is 9.32. The Kier molecular flexibility index (Phi) is 12.1. The van der Waals surface area contributed by atoms with Gasteiger partial charge in [-0.2, -0.15) is 0 Å². The fraction of sp³-hybridized carbons (Fsp3) is 0.750. The molecule has 3 N–H and O–H groups in total. The quantitative estimate of drug-likeness (QED) is 0.360. The molecule has 1 unspecified atom stereocenters. The van der Waals surface area contributed by atoms with Crippen LogP contribution in [0.2, 0.25) is 0 Å². The lowest BCUT2D eigenvalue weighted by Crippen LogP contribution is -2.26. The summed E-state index contributed by atoms with van der Waals surface area (Å²) in [4.78, 5) is 2.32. The first-order chi connectivity index (χ1) is 13.8. The van der Waals surface area contributed by atoms with Crippen LogP contribution in [0.1, 0.15) is 66.2 Å². The van der Waals surface area contributed by atoms with Crippen LogP contribution in [0.25, 0.3) is 0 Å². The molecule has 29 heavy (non-hydrogen) atoms. The van der Waals surface area contributed by atoms with Gasteiger partial charge in [0.05, 0.1) is 12.8 Å². The lowest BCUT2D eigenvalue weighted by atomic mass is 9.84. The first kappa shape index (κ1) is 25.6. The minimum atomic E-state index is 0.218. The van der Waals surface area contributed by atoms with Crippen molar-refractivity contribution in [3.8, 4) is 5.75 Å². The van der Waals surface area contributed by atoms with Crippen molar-refractivity contribution in [1.29, 1.82) is 0 Å². The Labute approximate surface area is 178 Å². The Hall–Kier alpha value is -1.46. The molecule has 0 aliphatic carbocycles. The lowest BCUT2D eigenvalue weighted by Gasteiger charge is -2.27. The average molecular weight is 409 g/mol. The molecule has 0 heterocycles. The zero-order valence-corrected chi connectivity index (χ0v) is 19.3. The summed E-state index contributed by atoms with van der Waals surface area (Å²) < 4.78 is 5.62. The molecule has 0 spiro atoms. The Morgan fingerprint density at radius 1 is 1.03 bits per heavy atom. The lowest BCUT2D eigenvalue weighted by molar-refractivity contribution is 0.282. The Bertz CT molecular complexity index is 548. The molecule has 1 aromatic rings. The van der Waals surface area contributed by atoms with E-state index in [1.807, 2.05) is 6.07 Å². The van der Waals surface area contributed by atoms with Crippen LogP contribution in [0.3, 0.4) is 0 Å². The summed E-state index contributed by atoms with van der Waals surface area (Å²) in [5, 5.41) is 21.8. The van der Waals surface area contributed by atoms with Gasteiger partial charge in [0.2, 0.25) is 0 Å². The van der Waals surface area contributed by atoms with Crippen molar-refractivity contribution in [3.63, 3.8) is 0 Å². The first-order valence-electron chi connectivity index (χ1n) is 11.2. The van der Waals surface area contributed by atoms with Gasteiger partial charge in [0.1, 0.15) is 5.75 Å². The van der Waals surface area contributed by atoms with Gasteiger partial charge in [-0.15, -0.1) is 0 Å². The molecule has 168 valence electrons. The van der Waals surface area contributed by atoms with Gasteiger partial charge in [0.25, 0.3) is 0 Å². The van der Waals surface area contributed by atoms with Crippen LogP contribution in [0, 0.1) is 11.3 Å². The number of ether oxygens (including phenoxy) is 1. The molecule has 1 rings (SSSR count). The van der Waals surface area contributed by atoms with Crippen LogP contribution in [0.5, 0.6) is 5.75 Å². The number of nitrogens with zero attached hydrogens (tertiary/aromatic N) is 1. The predicted octanol–water partition coefficient (Wildman–Crippen LogP) is 4.92. The molecular formula is C24H44N2O3. The summed E-state index contributed by atoms with van der Waals surface area (Å²) in [7, 11) is 1.71. The molecule has 0 saturated carbocycles. The molecule has 5 nitrogen and oxygen atoms in total. The average Bonchev–Trinajstić information content (AvgIpc) is 2.65. The van der Waals surface area contributed by atoms with E-state index in [-0.39, 0.29) is 13.2 Å². The first-order valence-corrected chi connectivity index (χ1v) is 11.2. The van der Waals surface area contributed by atoms with Crippen molar-refractivity contribution in [1.82, 2.24) is 0 Å². The number of methoxy groups -OCH3 is 1. The number of rotatable bonds is 15. The van der Waals surface area contributed by atoms with Crippen molar-refractivity contribution in [3.05, 3.63) is 18.2 Å². The number of anilines is 2. The molecule has 0 fully saturated rings. The minimum Gasteiger partial charge on any atom is -0.495 e. The van der Waals surface area contributed by atoms with Crippen LogP contribution in [0.15, 0.2) is 18.2 Å². The van der Waals surface area contributed by atoms with Crippen LogP contribution in [-0.4, -0.2) is 50.2 Å². The van der Waals surface area contributed by atoms with Crippen molar-refractivity contribution in [2.75, 3.05) is 50.2 Å². The molecule has 0 aliphatic rings. The maximum Gasteiger partial charge on any atom is 0.142 e. The smallest absolute Gasteiger partial charge is 0.142 e. The second kappa shape index (κ2) is 13.7. The van der Waals surface area contributed by atoms with Crippen molar-refractivity contribution >= 4 is 11.4 Å². The highest BCUT2D eigenvalue weighted by Gasteiger charge is 2.16. The zero-order valence-electron chi connectivity index (χ0n) is 19.3. The van der Waals surface area contributed by atoms with Gasteiger partial charge in [-0.25, -0.2) is 0 Å². The number of hydrogen-bond acceptors (Lipinski definition) is 5. The van der Waals surface area contributed by atoms with Gasteiger partial charge in [-0.05, 0) is 68.1 Å². The number of aliphatic hydroxyl groups excluding tert-OH is 2. The summed E-state index contributed by atoms with van der Waals surface area (Å²) in [6.45, 7) is 12.4. The van der Waals surface area contributed by atoms with Gasteiger partial charge in [-0.3, -0.25) is 0 Å². The van der Waals surface area contributed by atoms with E-state index >= 15 is 0 Å². The molecule has 0 amide bonds. The maximum absolute atomic E-state index is 9.13. The maximum atomic E-state index is 9.13. The zero-order chi connectivity index (χ0) is 21.7. The molecule has 1 atom stereocenters. The van der Waals surface area contributed by atoms with Crippen LogP contribution in [-0.2, 0) is 0 Å². The Balaban J connectivity index is 2.79. The highest BCUT2D eigenvalue weighted by atomic mass is 16.5. The summed E-state index contributed by atoms with van der Waals surface area (Å²) >= 11 is 0. The monoisotopic (exact) mass is 408 g/mol. The minimum absolute atomic E-state index is 0.218. The fourth-order valence-electron chi connectivity index (χ4n) is 3.84. The van der Waals surface area contributed by atoms with E-state index in [1.165, 1.54) is 6.42 Å². The van der Waals surface area contributed by atoms with Gasteiger partial charge in [0.15, 0.2) is 0 Å². The third-order valence-corrected chi connectivity index (χ3v) is 5.12. The van der Waals surface area contributed by atoms with Gasteiger partial charge in [0, 0.05) is 38.5 Å². The summed E-state index contributed by atoms with van der Waals surface area (Å²) in [6, 6.07) is 6.28. The highest BCUT2D eigenvalue weighted by molar-refractivity contribution is 5.66. The molecule has 0 saturated heterocycles. The van der Waals surface area contributed by atoms with E-state index in [2.05, 4.69) is 50.0 Å². The molecule has 0 bridgehead atoms. The summed E-state index contributed by atoms with van der Waals surface area (Å²) in [5.74, 6) is 1.55. The molecule has 0 radical (unpaired) electrons. The van der Waals surface area contributed by atoms with Gasteiger partial charge >= 0.3 is 0 Å². The standard InChI is InChI=1S/C24H44N2O3/c1-20(19-24(2,3)4)12-13-25-21-10-11-23(29-5)22(18-21)26(14-6-8-16-27)15-7-9-17-28/h10-11,18,20,25,27-28H,6-9,12-17,19H2,1-5H3. The third-order valence-electron chi connectivity index (χ3n) is 5.12. The molecular weight excluding hydrogens is 364 g/mol. The van der Waals surface area contributed by atoms with E-state index in [0.29, 0.717) is 11.3 Å². The fourth-order valence-corrected chi connectivity index (χ4v) is 3.84. The van der Waals surface area contributed by atoms with Crippen molar-refractivity contribution in [2.24, 2.45) is 11.3 Å². The molecule has 5 heteroatoms. The Morgan fingerprint density at radius 2 is 1.66 bits per heavy atom. The van der Waals surface area contributed by atoms with Crippen LogP contribution in [0.4, 0.5) is 11.4 Å². The van der Waals surface area contributed by atoms with Crippen molar-refractivity contribution < 1.29 is 14.9 Å².